The molecular formula is C13H16O4. The summed E-state index contributed by atoms with van der Waals surface area (Å²) >= 11 is 0. The number of ether oxygens (including phenoxy) is 2. The van der Waals surface area contributed by atoms with Crippen molar-refractivity contribution in [2.75, 3.05) is 13.7 Å². The molecule has 0 unspecified atom stereocenters. The molecule has 1 rings (SSSR count). The lowest BCUT2D eigenvalue weighted by Crippen LogP contribution is -2.07. The van der Waals surface area contributed by atoms with E-state index in [1.165, 1.54) is 0 Å². The van der Waals surface area contributed by atoms with Gasteiger partial charge < -0.3 is 9.47 Å². The Labute approximate surface area is 101 Å². The fourth-order valence-electron chi connectivity index (χ4n) is 1.37. The summed E-state index contributed by atoms with van der Waals surface area (Å²) in [5.74, 6) is 0.294. The normalized spacial score (nSPS) is 9.76. The first-order valence-electron chi connectivity index (χ1n) is 5.50. The predicted molar refractivity (Wildman–Crippen MR) is 63.2 cm³/mol. The lowest BCUT2D eigenvalue weighted by Gasteiger charge is -2.03. The zero-order valence-electron chi connectivity index (χ0n) is 10.1. The first kappa shape index (κ1) is 13.2. The molecule has 0 spiro atoms. The topological polar surface area (TPSA) is 52.6 Å². The molecule has 0 aromatic heterocycles. The van der Waals surface area contributed by atoms with Crippen LogP contribution < -0.4 is 4.74 Å². The van der Waals surface area contributed by atoms with E-state index in [1.807, 2.05) is 0 Å². The molecule has 0 aliphatic rings. The van der Waals surface area contributed by atoms with Crippen LogP contribution in [-0.2, 0) is 9.53 Å². The van der Waals surface area contributed by atoms with Crippen molar-refractivity contribution in [2.45, 2.75) is 19.8 Å². The molecule has 0 aliphatic heterocycles. The highest BCUT2D eigenvalue weighted by Gasteiger charge is 2.09. The third kappa shape index (κ3) is 4.26. The number of ketones is 1. The van der Waals surface area contributed by atoms with E-state index in [-0.39, 0.29) is 24.6 Å². The molecule has 0 N–H and O–H groups in total. The Morgan fingerprint density at radius 1 is 1.12 bits per heavy atom. The van der Waals surface area contributed by atoms with Crippen LogP contribution in [0.15, 0.2) is 24.3 Å². The Morgan fingerprint density at radius 2 is 1.76 bits per heavy atom. The highest BCUT2D eigenvalue weighted by atomic mass is 16.5. The Kier molecular flexibility index (Phi) is 5.20. The summed E-state index contributed by atoms with van der Waals surface area (Å²) in [6.07, 6.45) is 0.296. The van der Waals surface area contributed by atoms with Gasteiger partial charge in [-0.25, -0.2) is 0 Å². The van der Waals surface area contributed by atoms with Gasteiger partial charge in [0.25, 0.3) is 0 Å². The van der Waals surface area contributed by atoms with E-state index in [9.17, 15) is 9.59 Å². The number of esters is 1. The van der Waals surface area contributed by atoms with Gasteiger partial charge in [-0.3, -0.25) is 9.59 Å². The molecule has 0 heterocycles. The number of Topliss-reactive ketones (excluding diaryl/α,β-unsaturated/α-hetero) is 1. The van der Waals surface area contributed by atoms with Gasteiger partial charge in [-0.15, -0.1) is 0 Å². The second-order valence-electron chi connectivity index (χ2n) is 3.46. The van der Waals surface area contributed by atoms with E-state index in [0.29, 0.717) is 17.9 Å². The minimum Gasteiger partial charge on any atom is -0.497 e. The Morgan fingerprint density at radius 3 is 2.29 bits per heavy atom. The van der Waals surface area contributed by atoms with Crippen LogP contribution in [-0.4, -0.2) is 25.5 Å². The molecule has 0 radical (unpaired) electrons. The van der Waals surface area contributed by atoms with Crippen molar-refractivity contribution in [3.63, 3.8) is 0 Å². The number of carbonyl (C=O) groups excluding carboxylic acids is 2. The molecule has 0 bridgehead atoms. The highest BCUT2D eigenvalue weighted by Crippen LogP contribution is 2.13. The maximum Gasteiger partial charge on any atom is 0.306 e. The number of hydrogen-bond donors (Lipinski definition) is 0. The summed E-state index contributed by atoms with van der Waals surface area (Å²) in [6, 6.07) is 6.81. The van der Waals surface area contributed by atoms with E-state index in [0.717, 1.165) is 0 Å². The van der Waals surface area contributed by atoms with Crippen molar-refractivity contribution >= 4 is 11.8 Å². The van der Waals surface area contributed by atoms with Gasteiger partial charge in [0, 0.05) is 12.0 Å². The Balaban J connectivity index is 2.49. The number of methoxy groups -OCH3 is 1. The SMILES string of the molecule is CCOC(=O)CCC(=O)c1ccc(OC)cc1. The second-order valence-corrected chi connectivity index (χ2v) is 3.46. The molecule has 0 saturated heterocycles. The number of hydrogen-bond acceptors (Lipinski definition) is 4. The fourth-order valence-corrected chi connectivity index (χ4v) is 1.37. The van der Waals surface area contributed by atoms with Gasteiger partial charge in [0.05, 0.1) is 20.1 Å². The third-order valence-corrected chi connectivity index (χ3v) is 2.27. The smallest absolute Gasteiger partial charge is 0.306 e. The highest BCUT2D eigenvalue weighted by molar-refractivity contribution is 5.97. The van der Waals surface area contributed by atoms with Crippen LogP contribution in [0, 0.1) is 0 Å². The van der Waals surface area contributed by atoms with Gasteiger partial charge in [-0.2, -0.15) is 0 Å². The lowest BCUT2D eigenvalue weighted by molar-refractivity contribution is -0.143. The Hall–Kier alpha value is -1.84. The maximum absolute atomic E-state index is 11.7. The molecule has 1 aromatic carbocycles. The molecule has 0 aliphatic carbocycles. The van der Waals surface area contributed by atoms with E-state index < -0.39 is 0 Å². The van der Waals surface area contributed by atoms with Gasteiger partial charge in [-0.05, 0) is 31.2 Å². The van der Waals surface area contributed by atoms with Gasteiger partial charge in [0.2, 0.25) is 0 Å². The molecule has 4 nitrogen and oxygen atoms in total. The maximum atomic E-state index is 11.7. The summed E-state index contributed by atoms with van der Waals surface area (Å²) in [5.41, 5.74) is 0.579. The minimum absolute atomic E-state index is 0.0688. The van der Waals surface area contributed by atoms with E-state index in [2.05, 4.69) is 0 Å². The van der Waals surface area contributed by atoms with Crippen LogP contribution in [0.4, 0.5) is 0 Å². The molecule has 0 atom stereocenters. The zero-order valence-corrected chi connectivity index (χ0v) is 10.1. The quantitative estimate of drug-likeness (QED) is 0.561. The van der Waals surface area contributed by atoms with Crippen molar-refractivity contribution in [3.8, 4) is 5.75 Å². The fraction of sp³-hybridized carbons (Fsp3) is 0.385. The van der Waals surface area contributed by atoms with Crippen LogP contribution in [0.2, 0.25) is 0 Å². The van der Waals surface area contributed by atoms with E-state index >= 15 is 0 Å². The number of carbonyl (C=O) groups is 2. The summed E-state index contributed by atoms with van der Waals surface area (Å²) in [6.45, 7) is 2.08. The van der Waals surface area contributed by atoms with Crippen LogP contribution in [0.3, 0.4) is 0 Å². The molecule has 4 heteroatoms. The summed E-state index contributed by atoms with van der Waals surface area (Å²) in [4.78, 5) is 22.8. The average molecular weight is 236 g/mol. The van der Waals surface area contributed by atoms with Crippen molar-refractivity contribution in [3.05, 3.63) is 29.8 Å². The molecule has 0 fully saturated rings. The molecule has 0 amide bonds. The monoisotopic (exact) mass is 236 g/mol. The first-order chi connectivity index (χ1) is 8.17. The molecule has 1 aromatic rings. The Bertz CT molecular complexity index is 381. The van der Waals surface area contributed by atoms with Gasteiger partial charge in [0.1, 0.15) is 5.75 Å². The molecule has 17 heavy (non-hydrogen) atoms. The van der Waals surface area contributed by atoms with Crippen LogP contribution in [0.1, 0.15) is 30.1 Å². The van der Waals surface area contributed by atoms with E-state index in [4.69, 9.17) is 9.47 Å². The van der Waals surface area contributed by atoms with Crippen molar-refractivity contribution < 1.29 is 19.1 Å². The van der Waals surface area contributed by atoms with Crippen LogP contribution >= 0.6 is 0 Å². The molecule has 0 saturated carbocycles. The van der Waals surface area contributed by atoms with Gasteiger partial charge in [0.15, 0.2) is 5.78 Å². The van der Waals surface area contributed by atoms with Gasteiger partial charge in [-0.1, -0.05) is 0 Å². The largest absolute Gasteiger partial charge is 0.497 e. The minimum atomic E-state index is -0.339. The van der Waals surface area contributed by atoms with Gasteiger partial charge >= 0.3 is 5.97 Å². The summed E-state index contributed by atoms with van der Waals surface area (Å²) in [5, 5.41) is 0. The molecule has 92 valence electrons. The lowest BCUT2D eigenvalue weighted by atomic mass is 10.1. The second kappa shape index (κ2) is 6.68. The summed E-state index contributed by atoms with van der Waals surface area (Å²) < 4.78 is 9.75. The van der Waals surface area contributed by atoms with Crippen molar-refractivity contribution in [1.82, 2.24) is 0 Å². The zero-order chi connectivity index (χ0) is 12.7. The number of rotatable bonds is 6. The van der Waals surface area contributed by atoms with E-state index in [1.54, 1.807) is 38.3 Å². The van der Waals surface area contributed by atoms with Crippen molar-refractivity contribution in [2.24, 2.45) is 0 Å². The van der Waals surface area contributed by atoms with Crippen molar-refractivity contribution in [1.29, 1.82) is 0 Å². The van der Waals surface area contributed by atoms with Crippen LogP contribution in [0.5, 0.6) is 5.75 Å². The standard InChI is InChI=1S/C13H16O4/c1-3-17-13(15)9-8-12(14)10-4-6-11(16-2)7-5-10/h4-7H,3,8-9H2,1-2H3. The summed E-state index contributed by atoms with van der Waals surface area (Å²) in [7, 11) is 1.57. The number of benzene rings is 1. The van der Waals surface area contributed by atoms with Crippen LogP contribution in [0.25, 0.3) is 0 Å². The first-order valence-corrected chi connectivity index (χ1v) is 5.50. The third-order valence-electron chi connectivity index (χ3n) is 2.27. The average Bonchev–Trinajstić information content (AvgIpc) is 2.36. The molecular weight excluding hydrogens is 220 g/mol. The predicted octanol–water partition coefficient (Wildman–Crippen LogP) is 2.22.